The zero-order valence-electron chi connectivity index (χ0n) is 15.0. The minimum Gasteiger partial charge on any atom is -0.356 e. The standard InChI is InChI=1S/C21H28N2O2/c1-14-3-2-4-17(9-14)18-10-19(20(24)22-11-15-5-6-15)13-23(12-18)21(25)16-7-8-16/h2-4,9,15-16,18-19H,5-8,10-13H2,1H3,(H,22,24)/t18-,19+/m0/s1. The smallest absolute Gasteiger partial charge is 0.225 e. The lowest BCUT2D eigenvalue weighted by molar-refractivity contribution is -0.137. The van der Waals surface area contributed by atoms with Crippen LogP contribution >= 0.6 is 0 Å². The van der Waals surface area contributed by atoms with E-state index in [1.165, 1.54) is 24.0 Å². The van der Waals surface area contributed by atoms with Gasteiger partial charge in [-0.1, -0.05) is 29.8 Å². The van der Waals surface area contributed by atoms with Gasteiger partial charge in [-0.3, -0.25) is 9.59 Å². The first-order valence-corrected chi connectivity index (χ1v) is 9.73. The average Bonchev–Trinajstić information content (AvgIpc) is 3.52. The molecular formula is C21H28N2O2. The van der Waals surface area contributed by atoms with Gasteiger partial charge in [0.25, 0.3) is 0 Å². The number of aryl methyl sites for hydroxylation is 1. The van der Waals surface area contributed by atoms with E-state index in [4.69, 9.17) is 0 Å². The predicted octanol–water partition coefficient (Wildman–Crippen LogP) is 2.86. The van der Waals surface area contributed by atoms with Crippen LogP contribution in [-0.4, -0.2) is 36.3 Å². The summed E-state index contributed by atoms with van der Waals surface area (Å²) in [5.74, 6) is 1.47. The van der Waals surface area contributed by atoms with E-state index >= 15 is 0 Å². The summed E-state index contributed by atoms with van der Waals surface area (Å²) >= 11 is 0. The number of piperidine rings is 1. The van der Waals surface area contributed by atoms with Crippen LogP contribution in [0.2, 0.25) is 0 Å². The zero-order chi connectivity index (χ0) is 17.4. The molecule has 3 aliphatic rings. The van der Waals surface area contributed by atoms with Crippen molar-refractivity contribution in [1.82, 2.24) is 10.2 Å². The molecule has 1 aromatic carbocycles. The highest BCUT2D eigenvalue weighted by molar-refractivity contribution is 5.83. The van der Waals surface area contributed by atoms with E-state index in [2.05, 4.69) is 36.5 Å². The molecule has 1 heterocycles. The van der Waals surface area contributed by atoms with Crippen LogP contribution in [-0.2, 0) is 9.59 Å². The molecule has 2 saturated carbocycles. The van der Waals surface area contributed by atoms with Crippen LogP contribution in [0, 0.1) is 24.7 Å². The van der Waals surface area contributed by atoms with Gasteiger partial charge in [-0.15, -0.1) is 0 Å². The van der Waals surface area contributed by atoms with Crippen LogP contribution in [0.5, 0.6) is 0 Å². The van der Waals surface area contributed by atoms with E-state index in [0.717, 1.165) is 32.4 Å². The molecule has 0 spiro atoms. The highest BCUT2D eigenvalue weighted by atomic mass is 16.2. The SMILES string of the molecule is Cc1cccc([C@H]2C[C@@H](C(=O)NCC3CC3)CN(C(=O)C3CC3)C2)c1. The van der Waals surface area contributed by atoms with Crippen molar-refractivity contribution in [2.45, 2.75) is 44.9 Å². The van der Waals surface area contributed by atoms with Crippen LogP contribution < -0.4 is 5.32 Å². The van der Waals surface area contributed by atoms with Gasteiger partial charge in [0.2, 0.25) is 11.8 Å². The van der Waals surface area contributed by atoms with Crippen molar-refractivity contribution in [3.63, 3.8) is 0 Å². The Morgan fingerprint density at radius 2 is 1.92 bits per heavy atom. The summed E-state index contributed by atoms with van der Waals surface area (Å²) in [7, 11) is 0. The first-order valence-electron chi connectivity index (χ1n) is 9.73. The van der Waals surface area contributed by atoms with Crippen LogP contribution in [0.3, 0.4) is 0 Å². The third-order valence-corrected chi connectivity index (χ3v) is 5.84. The molecule has 2 aliphatic carbocycles. The van der Waals surface area contributed by atoms with Crippen molar-refractivity contribution in [3.05, 3.63) is 35.4 Å². The number of likely N-dealkylation sites (tertiary alicyclic amines) is 1. The maximum atomic E-state index is 12.7. The van der Waals surface area contributed by atoms with Gasteiger partial charge in [-0.2, -0.15) is 0 Å². The van der Waals surface area contributed by atoms with Crippen LogP contribution in [0.15, 0.2) is 24.3 Å². The summed E-state index contributed by atoms with van der Waals surface area (Å²) < 4.78 is 0. The molecule has 0 radical (unpaired) electrons. The van der Waals surface area contributed by atoms with E-state index in [-0.39, 0.29) is 29.6 Å². The lowest BCUT2D eigenvalue weighted by Gasteiger charge is -2.37. The number of hydrogen-bond acceptors (Lipinski definition) is 2. The number of benzene rings is 1. The quantitative estimate of drug-likeness (QED) is 0.896. The monoisotopic (exact) mass is 340 g/mol. The van der Waals surface area contributed by atoms with E-state index in [1.54, 1.807) is 0 Å². The second kappa shape index (κ2) is 6.81. The van der Waals surface area contributed by atoms with Gasteiger partial charge in [-0.05, 0) is 50.5 Å². The molecule has 25 heavy (non-hydrogen) atoms. The zero-order valence-corrected chi connectivity index (χ0v) is 15.0. The highest BCUT2D eigenvalue weighted by Gasteiger charge is 2.40. The Morgan fingerprint density at radius 3 is 2.60 bits per heavy atom. The maximum Gasteiger partial charge on any atom is 0.225 e. The molecule has 0 bridgehead atoms. The normalized spacial score (nSPS) is 26.4. The molecule has 4 heteroatoms. The molecule has 4 rings (SSSR count). The lowest BCUT2D eigenvalue weighted by Crippen LogP contribution is -2.48. The Bertz CT molecular complexity index is 664. The summed E-state index contributed by atoms with van der Waals surface area (Å²) in [4.78, 5) is 27.3. The maximum absolute atomic E-state index is 12.7. The highest BCUT2D eigenvalue weighted by Crippen LogP contribution is 2.36. The molecule has 1 aliphatic heterocycles. The predicted molar refractivity (Wildman–Crippen MR) is 97.1 cm³/mol. The fraction of sp³-hybridized carbons (Fsp3) is 0.619. The minimum absolute atomic E-state index is 0.0827. The lowest BCUT2D eigenvalue weighted by atomic mass is 9.83. The van der Waals surface area contributed by atoms with E-state index in [9.17, 15) is 9.59 Å². The van der Waals surface area contributed by atoms with Gasteiger partial charge in [0, 0.05) is 31.5 Å². The number of rotatable bonds is 5. The van der Waals surface area contributed by atoms with Crippen LogP contribution in [0.25, 0.3) is 0 Å². The van der Waals surface area contributed by atoms with Gasteiger partial charge in [-0.25, -0.2) is 0 Å². The van der Waals surface area contributed by atoms with Gasteiger partial charge in [0.1, 0.15) is 0 Å². The molecular weight excluding hydrogens is 312 g/mol. The fourth-order valence-electron chi connectivity index (χ4n) is 3.93. The fourth-order valence-corrected chi connectivity index (χ4v) is 3.93. The summed E-state index contributed by atoms with van der Waals surface area (Å²) in [5.41, 5.74) is 2.49. The van der Waals surface area contributed by atoms with Crippen molar-refractivity contribution in [2.75, 3.05) is 19.6 Å². The number of hydrogen-bond donors (Lipinski definition) is 1. The molecule has 0 unspecified atom stereocenters. The van der Waals surface area contributed by atoms with Crippen molar-refractivity contribution < 1.29 is 9.59 Å². The van der Waals surface area contributed by atoms with Gasteiger partial charge in [0.05, 0.1) is 5.92 Å². The molecule has 2 atom stereocenters. The average molecular weight is 340 g/mol. The summed E-state index contributed by atoms with van der Waals surface area (Å²) in [6, 6.07) is 8.52. The Balaban J connectivity index is 1.49. The summed E-state index contributed by atoms with van der Waals surface area (Å²) in [6.07, 6.45) is 5.35. The minimum atomic E-state index is -0.0827. The van der Waals surface area contributed by atoms with Crippen LogP contribution in [0.1, 0.15) is 49.1 Å². The topological polar surface area (TPSA) is 49.4 Å². The molecule has 1 saturated heterocycles. The number of nitrogens with one attached hydrogen (secondary N) is 1. The van der Waals surface area contributed by atoms with Crippen LogP contribution in [0.4, 0.5) is 0 Å². The molecule has 4 nitrogen and oxygen atoms in total. The van der Waals surface area contributed by atoms with Crippen molar-refractivity contribution in [2.24, 2.45) is 17.8 Å². The largest absolute Gasteiger partial charge is 0.356 e. The molecule has 134 valence electrons. The van der Waals surface area contributed by atoms with E-state index in [1.807, 2.05) is 4.90 Å². The van der Waals surface area contributed by atoms with Gasteiger partial charge < -0.3 is 10.2 Å². The number of carbonyl (C=O) groups is 2. The van der Waals surface area contributed by atoms with E-state index in [0.29, 0.717) is 12.5 Å². The molecule has 3 fully saturated rings. The van der Waals surface area contributed by atoms with Gasteiger partial charge >= 0.3 is 0 Å². The Hall–Kier alpha value is -1.84. The number of amides is 2. The number of nitrogens with zero attached hydrogens (tertiary/aromatic N) is 1. The van der Waals surface area contributed by atoms with Crippen molar-refractivity contribution in [1.29, 1.82) is 0 Å². The first kappa shape index (κ1) is 16.6. The van der Waals surface area contributed by atoms with Gasteiger partial charge in [0.15, 0.2) is 0 Å². The second-order valence-electron chi connectivity index (χ2n) is 8.25. The van der Waals surface area contributed by atoms with Crippen molar-refractivity contribution in [3.8, 4) is 0 Å². The summed E-state index contributed by atoms with van der Waals surface area (Å²) in [6.45, 7) is 4.25. The van der Waals surface area contributed by atoms with Crippen molar-refractivity contribution >= 4 is 11.8 Å². The summed E-state index contributed by atoms with van der Waals surface area (Å²) in [5, 5.41) is 3.13. The third kappa shape index (κ3) is 4.05. The Morgan fingerprint density at radius 1 is 1.12 bits per heavy atom. The first-order chi connectivity index (χ1) is 12.1. The van der Waals surface area contributed by atoms with E-state index < -0.39 is 0 Å². The molecule has 1 N–H and O–H groups in total. The molecule has 2 amide bonds. The number of carbonyl (C=O) groups excluding carboxylic acids is 2. The Kier molecular flexibility index (Phi) is 4.53. The third-order valence-electron chi connectivity index (χ3n) is 5.84. The molecule has 0 aromatic heterocycles. The molecule has 1 aromatic rings. The second-order valence-corrected chi connectivity index (χ2v) is 8.25. The Labute approximate surface area is 150 Å².